The zero-order valence-corrected chi connectivity index (χ0v) is 13.4. The predicted molar refractivity (Wildman–Crippen MR) is 78.2 cm³/mol. The van der Waals surface area contributed by atoms with Crippen molar-refractivity contribution in [2.75, 3.05) is 0 Å². The number of rotatable bonds is 2. The number of aliphatic hydroxyl groups is 1. The molecule has 1 aliphatic rings. The predicted octanol–water partition coefficient (Wildman–Crippen LogP) is 3.56. The number of carbonyl (C=O) groups is 1. The Hall–Kier alpha value is -1.41. The Morgan fingerprint density at radius 1 is 1.41 bits per heavy atom. The topological polar surface area (TPSA) is 52.9 Å². The zero-order valence-electron chi connectivity index (χ0n) is 11.9. The number of hydrazone groups is 1. The maximum atomic E-state index is 13.3. The molecule has 8 heteroatoms. The Balaban J connectivity index is 2.49. The van der Waals surface area contributed by atoms with E-state index in [4.69, 9.17) is 0 Å². The van der Waals surface area contributed by atoms with Crippen LogP contribution in [0.2, 0.25) is 0 Å². The summed E-state index contributed by atoms with van der Waals surface area (Å²) < 4.78 is 40.2. The molecule has 0 radical (unpaired) electrons. The van der Waals surface area contributed by atoms with Gasteiger partial charge in [0.25, 0.3) is 11.6 Å². The molecule has 4 nitrogen and oxygen atoms in total. The van der Waals surface area contributed by atoms with E-state index in [9.17, 15) is 23.1 Å². The molecule has 120 valence electrons. The van der Waals surface area contributed by atoms with E-state index >= 15 is 0 Å². The average molecular weight is 379 g/mol. The summed E-state index contributed by atoms with van der Waals surface area (Å²) in [5.74, 6) is -1.33. The number of halogens is 4. The molecular weight excluding hydrogens is 365 g/mol. The minimum absolute atomic E-state index is 0.000990. The first kappa shape index (κ1) is 17.0. The van der Waals surface area contributed by atoms with Gasteiger partial charge in [0.1, 0.15) is 0 Å². The highest BCUT2D eigenvalue weighted by atomic mass is 79.9. The maximum absolute atomic E-state index is 13.3. The van der Waals surface area contributed by atoms with Crippen molar-refractivity contribution in [3.63, 3.8) is 0 Å². The molecule has 0 spiro atoms. The third-order valence-corrected chi connectivity index (χ3v) is 4.12. The molecular formula is C14H14BrF3N2O2. The van der Waals surface area contributed by atoms with Gasteiger partial charge in [0.05, 0.1) is 5.56 Å². The molecule has 0 aromatic heterocycles. The lowest BCUT2D eigenvalue weighted by atomic mass is 9.99. The third kappa shape index (κ3) is 2.77. The quantitative estimate of drug-likeness (QED) is 0.855. The molecule has 0 aliphatic carbocycles. The van der Waals surface area contributed by atoms with Gasteiger partial charge in [-0.05, 0) is 34.0 Å². The van der Waals surface area contributed by atoms with E-state index in [0.29, 0.717) is 4.47 Å². The smallest absolute Gasteiger partial charge is 0.362 e. The first-order chi connectivity index (χ1) is 10.1. The molecule has 0 saturated carbocycles. The molecule has 0 fully saturated rings. The minimum Gasteiger partial charge on any atom is -0.362 e. The summed E-state index contributed by atoms with van der Waals surface area (Å²) in [6, 6.07) is 6.05. The molecule has 2 rings (SSSR count). The van der Waals surface area contributed by atoms with Crippen molar-refractivity contribution in [3.8, 4) is 0 Å². The first-order valence-electron chi connectivity index (χ1n) is 6.53. The van der Waals surface area contributed by atoms with E-state index in [2.05, 4.69) is 21.0 Å². The van der Waals surface area contributed by atoms with E-state index in [1.807, 2.05) is 0 Å². The highest BCUT2D eigenvalue weighted by Gasteiger charge is 2.63. The van der Waals surface area contributed by atoms with E-state index < -0.39 is 24.2 Å². The van der Waals surface area contributed by atoms with Crippen LogP contribution in [0.3, 0.4) is 0 Å². The van der Waals surface area contributed by atoms with Crippen molar-refractivity contribution < 1.29 is 23.1 Å². The summed E-state index contributed by atoms with van der Waals surface area (Å²) in [4.78, 5) is 12.4. The standard InChI is InChI=1S/C14H14BrF3N2O2/c1-8(2)11-7-13(22,14(16,17)18)20(19-11)12(21)9-5-3-4-6-10(9)15/h3-6,8,22H,7H2,1-2H3/t13-/m1/s1. The molecule has 1 aromatic rings. The van der Waals surface area contributed by atoms with Crippen molar-refractivity contribution in [2.45, 2.75) is 32.2 Å². The van der Waals surface area contributed by atoms with Crippen LogP contribution in [-0.4, -0.2) is 33.6 Å². The maximum Gasteiger partial charge on any atom is 0.438 e. The first-order valence-corrected chi connectivity index (χ1v) is 7.33. The number of hydrogen-bond acceptors (Lipinski definition) is 3. The lowest BCUT2D eigenvalue weighted by Gasteiger charge is -2.32. The summed E-state index contributed by atoms with van der Waals surface area (Å²) in [7, 11) is 0. The van der Waals surface area contributed by atoms with E-state index in [0.717, 1.165) is 0 Å². The van der Waals surface area contributed by atoms with E-state index in [1.54, 1.807) is 19.9 Å². The van der Waals surface area contributed by atoms with Crippen molar-refractivity contribution in [1.29, 1.82) is 0 Å². The van der Waals surface area contributed by atoms with Gasteiger partial charge in [0.15, 0.2) is 0 Å². The third-order valence-electron chi connectivity index (χ3n) is 3.42. The van der Waals surface area contributed by atoms with Crippen LogP contribution in [0.25, 0.3) is 0 Å². The molecule has 1 amide bonds. The number of benzene rings is 1. The molecule has 1 aromatic carbocycles. The number of nitrogens with zero attached hydrogens (tertiary/aromatic N) is 2. The summed E-state index contributed by atoms with van der Waals surface area (Å²) >= 11 is 3.12. The molecule has 0 saturated heterocycles. The summed E-state index contributed by atoms with van der Waals surface area (Å²) in [5, 5.41) is 14.0. The number of carbonyl (C=O) groups excluding carboxylic acids is 1. The fourth-order valence-corrected chi connectivity index (χ4v) is 2.53. The second-order valence-electron chi connectivity index (χ2n) is 5.33. The van der Waals surface area contributed by atoms with Crippen LogP contribution in [0.1, 0.15) is 30.6 Å². The second-order valence-corrected chi connectivity index (χ2v) is 6.19. The van der Waals surface area contributed by atoms with Crippen LogP contribution in [0, 0.1) is 5.92 Å². The Kier molecular flexibility index (Phi) is 4.36. The van der Waals surface area contributed by atoms with Gasteiger partial charge in [0.2, 0.25) is 0 Å². The lowest BCUT2D eigenvalue weighted by Crippen LogP contribution is -2.56. The van der Waals surface area contributed by atoms with Gasteiger partial charge in [-0.1, -0.05) is 26.0 Å². The zero-order chi connectivity index (χ0) is 16.7. The van der Waals surface area contributed by atoms with Crippen LogP contribution in [0.5, 0.6) is 0 Å². The minimum atomic E-state index is -5.01. The molecule has 0 bridgehead atoms. The normalized spacial score (nSPS) is 22.2. The highest BCUT2D eigenvalue weighted by Crippen LogP contribution is 2.42. The Morgan fingerprint density at radius 3 is 2.50 bits per heavy atom. The van der Waals surface area contributed by atoms with Crippen molar-refractivity contribution in [3.05, 3.63) is 34.3 Å². The van der Waals surface area contributed by atoms with E-state index in [1.165, 1.54) is 18.2 Å². The monoisotopic (exact) mass is 378 g/mol. The fraction of sp³-hybridized carbons (Fsp3) is 0.429. The molecule has 0 unspecified atom stereocenters. The Bertz CT molecular complexity index is 631. The van der Waals surface area contributed by atoms with Gasteiger partial charge in [-0.2, -0.15) is 23.3 Å². The van der Waals surface area contributed by atoms with Gasteiger partial charge >= 0.3 is 6.18 Å². The van der Waals surface area contributed by atoms with Crippen LogP contribution in [0.15, 0.2) is 33.8 Å². The average Bonchev–Trinajstić information content (AvgIpc) is 2.78. The highest BCUT2D eigenvalue weighted by molar-refractivity contribution is 9.10. The molecule has 1 aliphatic heterocycles. The van der Waals surface area contributed by atoms with Crippen LogP contribution in [0.4, 0.5) is 13.2 Å². The number of hydrogen-bond donors (Lipinski definition) is 1. The summed E-state index contributed by atoms with van der Waals surface area (Å²) in [6.45, 7) is 3.31. The van der Waals surface area contributed by atoms with Crippen LogP contribution in [-0.2, 0) is 0 Å². The summed E-state index contributed by atoms with van der Waals surface area (Å²) in [6.07, 6.45) is -5.76. The van der Waals surface area contributed by atoms with Gasteiger partial charge in [-0.3, -0.25) is 4.79 Å². The molecule has 1 atom stereocenters. The van der Waals surface area contributed by atoms with Gasteiger partial charge in [-0.25, -0.2) is 0 Å². The van der Waals surface area contributed by atoms with Gasteiger partial charge < -0.3 is 5.11 Å². The summed E-state index contributed by atoms with van der Waals surface area (Å²) in [5.41, 5.74) is -3.20. The van der Waals surface area contributed by atoms with Gasteiger partial charge in [0, 0.05) is 16.6 Å². The lowest BCUT2D eigenvalue weighted by molar-refractivity contribution is -0.297. The van der Waals surface area contributed by atoms with Crippen molar-refractivity contribution in [2.24, 2.45) is 11.0 Å². The van der Waals surface area contributed by atoms with Gasteiger partial charge in [-0.15, -0.1) is 0 Å². The van der Waals surface area contributed by atoms with Crippen LogP contribution >= 0.6 is 15.9 Å². The molecule has 1 N–H and O–H groups in total. The number of alkyl halides is 3. The molecule has 22 heavy (non-hydrogen) atoms. The van der Waals surface area contributed by atoms with E-state index in [-0.39, 0.29) is 22.2 Å². The van der Waals surface area contributed by atoms with Crippen molar-refractivity contribution >= 4 is 27.5 Å². The SMILES string of the molecule is CC(C)C1=NN(C(=O)c2ccccc2Br)[C@](O)(C(F)(F)F)C1. The Labute approximate surface area is 133 Å². The number of amides is 1. The van der Waals surface area contributed by atoms with Crippen molar-refractivity contribution in [1.82, 2.24) is 5.01 Å². The van der Waals surface area contributed by atoms with Crippen LogP contribution < -0.4 is 0 Å². The Morgan fingerprint density at radius 2 is 2.00 bits per heavy atom. The largest absolute Gasteiger partial charge is 0.438 e. The second kappa shape index (κ2) is 5.66. The molecule has 1 heterocycles. The fourth-order valence-electron chi connectivity index (χ4n) is 2.08.